The van der Waals surface area contributed by atoms with E-state index in [9.17, 15) is 9.90 Å². The molecule has 0 radical (unpaired) electrons. The molecular formula is C17H26N2O2. The molecule has 21 heavy (non-hydrogen) atoms. The molecule has 1 aliphatic rings. The molecule has 0 saturated carbocycles. The highest BCUT2D eigenvalue weighted by Crippen LogP contribution is 2.20. The Morgan fingerprint density at radius 2 is 2.14 bits per heavy atom. The molecule has 2 N–H and O–H groups in total. The van der Waals surface area contributed by atoms with E-state index >= 15 is 0 Å². The van der Waals surface area contributed by atoms with Gasteiger partial charge in [0, 0.05) is 13.2 Å². The number of nitrogens with zero attached hydrogens (tertiary/aromatic N) is 1. The van der Waals surface area contributed by atoms with Crippen LogP contribution in [0.2, 0.25) is 0 Å². The highest BCUT2D eigenvalue weighted by atomic mass is 16.3. The maximum atomic E-state index is 12.4. The van der Waals surface area contributed by atoms with Gasteiger partial charge < -0.3 is 10.4 Å². The second kappa shape index (κ2) is 7.05. The third kappa shape index (κ3) is 3.83. The summed E-state index contributed by atoms with van der Waals surface area (Å²) in [6.45, 7) is 7.94. The molecule has 4 heteroatoms. The Morgan fingerprint density at radius 1 is 1.43 bits per heavy atom. The molecule has 1 saturated heterocycles. The van der Waals surface area contributed by atoms with E-state index in [4.69, 9.17) is 0 Å². The summed E-state index contributed by atoms with van der Waals surface area (Å²) < 4.78 is 0. The van der Waals surface area contributed by atoms with Crippen molar-refractivity contribution in [3.8, 4) is 0 Å². The summed E-state index contributed by atoms with van der Waals surface area (Å²) in [6, 6.07) is 8.00. The van der Waals surface area contributed by atoms with Gasteiger partial charge in [0.25, 0.3) is 0 Å². The van der Waals surface area contributed by atoms with Crippen LogP contribution in [0.4, 0.5) is 0 Å². The zero-order valence-corrected chi connectivity index (χ0v) is 13.2. The summed E-state index contributed by atoms with van der Waals surface area (Å²) in [6.07, 6.45) is 0.974. The summed E-state index contributed by atoms with van der Waals surface area (Å²) in [4.78, 5) is 14.6. The van der Waals surface area contributed by atoms with Crippen molar-refractivity contribution >= 4 is 5.91 Å². The molecule has 1 aromatic rings. The molecule has 0 aromatic heterocycles. The molecule has 1 aromatic carbocycles. The van der Waals surface area contributed by atoms with E-state index in [-0.39, 0.29) is 24.6 Å². The highest BCUT2D eigenvalue weighted by Gasteiger charge is 2.29. The number of hydrogen-bond donors (Lipinski definition) is 2. The summed E-state index contributed by atoms with van der Waals surface area (Å²) in [7, 11) is 0. The second-order valence-corrected chi connectivity index (χ2v) is 6.10. The number of nitrogens with one attached hydrogen (secondary N) is 1. The quantitative estimate of drug-likeness (QED) is 0.870. The zero-order chi connectivity index (χ0) is 15.4. The number of aliphatic hydroxyl groups is 1. The van der Waals surface area contributed by atoms with E-state index in [2.05, 4.69) is 29.3 Å². The van der Waals surface area contributed by atoms with Gasteiger partial charge in [-0.3, -0.25) is 9.69 Å². The smallest absolute Gasteiger partial charge is 0.237 e. The largest absolute Gasteiger partial charge is 0.396 e. The molecule has 4 nitrogen and oxygen atoms in total. The molecule has 0 spiro atoms. The van der Waals surface area contributed by atoms with Gasteiger partial charge in [-0.1, -0.05) is 24.3 Å². The van der Waals surface area contributed by atoms with Crippen molar-refractivity contribution in [2.45, 2.75) is 39.3 Å². The van der Waals surface area contributed by atoms with Gasteiger partial charge in [0.1, 0.15) is 0 Å². The Balaban J connectivity index is 1.93. The minimum absolute atomic E-state index is 0.0115. The van der Waals surface area contributed by atoms with Gasteiger partial charge in [-0.2, -0.15) is 0 Å². The minimum Gasteiger partial charge on any atom is -0.396 e. The van der Waals surface area contributed by atoms with E-state index in [1.54, 1.807) is 0 Å². The maximum Gasteiger partial charge on any atom is 0.237 e. The fourth-order valence-corrected chi connectivity index (χ4v) is 3.01. The van der Waals surface area contributed by atoms with Crippen LogP contribution in [0.3, 0.4) is 0 Å². The lowest BCUT2D eigenvalue weighted by molar-refractivity contribution is -0.126. The predicted octanol–water partition coefficient (Wildman–Crippen LogP) is 1.87. The van der Waals surface area contributed by atoms with E-state index in [1.807, 2.05) is 26.0 Å². The fraction of sp³-hybridized carbons (Fsp3) is 0.588. The standard InChI is InChI=1S/C17H26N2O2/c1-12-6-4-5-7-16(12)13(2)18-17(21)14(3)19-9-8-15(10-19)11-20/h4-7,13-15,20H,8-11H2,1-3H3,(H,18,21). The number of benzene rings is 1. The number of likely N-dealkylation sites (tertiary alicyclic amines) is 1. The summed E-state index contributed by atoms with van der Waals surface area (Å²) in [5.41, 5.74) is 2.35. The number of aryl methyl sites for hydroxylation is 1. The summed E-state index contributed by atoms with van der Waals surface area (Å²) >= 11 is 0. The van der Waals surface area contributed by atoms with Crippen molar-refractivity contribution in [3.05, 3.63) is 35.4 Å². The van der Waals surface area contributed by atoms with Crippen molar-refractivity contribution in [2.24, 2.45) is 5.92 Å². The number of aliphatic hydroxyl groups excluding tert-OH is 1. The van der Waals surface area contributed by atoms with Crippen LogP contribution in [0.15, 0.2) is 24.3 Å². The molecule has 3 unspecified atom stereocenters. The Labute approximate surface area is 127 Å². The fourth-order valence-electron chi connectivity index (χ4n) is 3.01. The van der Waals surface area contributed by atoms with Gasteiger partial charge in [0.05, 0.1) is 12.1 Å². The van der Waals surface area contributed by atoms with Crippen molar-refractivity contribution in [1.29, 1.82) is 0 Å². The topological polar surface area (TPSA) is 52.6 Å². The van der Waals surface area contributed by atoms with Crippen LogP contribution in [-0.4, -0.2) is 41.7 Å². The molecule has 2 rings (SSSR count). The highest BCUT2D eigenvalue weighted by molar-refractivity contribution is 5.81. The lowest BCUT2D eigenvalue weighted by Crippen LogP contribution is -2.45. The van der Waals surface area contributed by atoms with Gasteiger partial charge in [-0.05, 0) is 50.8 Å². The SMILES string of the molecule is Cc1ccccc1C(C)NC(=O)C(C)N1CCC(CO)C1. The van der Waals surface area contributed by atoms with Gasteiger partial charge in [-0.15, -0.1) is 0 Å². The number of amides is 1. The molecule has 1 amide bonds. The second-order valence-electron chi connectivity index (χ2n) is 6.10. The first kappa shape index (κ1) is 16.0. The van der Waals surface area contributed by atoms with Crippen LogP contribution in [0, 0.1) is 12.8 Å². The normalized spacial score (nSPS) is 22.0. The molecule has 1 fully saturated rings. The first-order valence-electron chi connectivity index (χ1n) is 7.73. The molecular weight excluding hydrogens is 264 g/mol. The van der Waals surface area contributed by atoms with E-state index < -0.39 is 0 Å². The van der Waals surface area contributed by atoms with Crippen molar-refractivity contribution in [1.82, 2.24) is 10.2 Å². The van der Waals surface area contributed by atoms with Gasteiger partial charge in [0.15, 0.2) is 0 Å². The maximum absolute atomic E-state index is 12.4. The van der Waals surface area contributed by atoms with E-state index in [1.165, 1.54) is 5.56 Å². The minimum atomic E-state index is -0.145. The third-order valence-electron chi connectivity index (χ3n) is 4.52. The first-order chi connectivity index (χ1) is 10.0. The average Bonchev–Trinajstić information content (AvgIpc) is 2.95. The molecule has 0 bridgehead atoms. The monoisotopic (exact) mass is 290 g/mol. The summed E-state index contributed by atoms with van der Waals surface area (Å²) in [5.74, 6) is 0.374. The van der Waals surface area contributed by atoms with Gasteiger partial charge in [-0.25, -0.2) is 0 Å². The van der Waals surface area contributed by atoms with Crippen LogP contribution in [0.5, 0.6) is 0 Å². The Bertz CT molecular complexity index is 489. The lowest BCUT2D eigenvalue weighted by atomic mass is 10.0. The summed E-state index contributed by atoms with van der Waals surface area (Å²) in [5, 5.41) is 12.3. The lowest BCUT2D eigenvalue weighted by Gasteiger charge is -2.25. The van der Waals surface area contributed by atoms with Crippen molar-refractivity contribution in [3.63, 3.8) is 0 Å². The predicted molar refractivity (Wildman–Crippen MR) is 84.0 cm³/mol. The van der Waals surface area contributed by atoms with Crippen LogP contribution < -0.4 is 5.32 Å². The van der Waals surface area contributed by atoms with Crippen LogP contribution in [-0.2, 0) is 4.79 Å². The van der Waals surface area contributed by atoms with Crippen molar-refractivity contribution < 1.29 is 9.90 Å². The molecule has 1 aliphatic heterocycles. The van der Waals surface area contributed by atoms with Crippen LogP contribution in [0.1, 0.15) is 37.4 Å². The molecule has 1 heterocycles. The van der Waals surface area contributed by atoms with Gasteiger partial charge >= 0.3 is 0 Å². The van der Waals surface area contributed by atoms with E-state index in [0.29, 0.717) is 5.92 Å². The molecule has 3 atom stereocenters. The van der Waals surface area contributed by atoms with Gasteiger partial charge in [0.2, 0.25) is 5.91 Å². The van der Waals surface area contributed by atoms with Crippen LogP contribution >= 0.6 is 0 Å². The Kier molecular flexibility index (Phi) is 5.37. The van der Waals surface area contributed by atoms with E-state index in [0.717, 1.165) is 25.1 Å². The van der Waals surface area contributed by atoms with Crippen molar-refractivity contribution in [2.75, 3.05) is 19.7 Å². The third-order valence-corrected chi connectivity index (χ3v) is 4.52. The zero-order valence-electron chi connectivity index (χ0n) is 13.2. The molecule has 116 valence electrons. The number of carbonyl (C=O) groups excluding carboxylic acids is 1. The first-order valence-corrected chi connectivity index (χ1v) is 7.73. The average molecular weight is 290 g/mol. The Morgan fingerprint density at radius 3 is 2.76 bits per heavy atom. The number of hydrogen-bond acceptors (Lipinski definition) is 3. The Hall–Kier alpha value is -1.39. The molecule has 0 aliphatic carbocycles. The number of carbonyl (C=O) groups is 1. The van der Waals surface area contributed by atoms with Crippen LogP contribution in [0.25, 0.3) is 0 Å². The number of rotatable bonds is 5.